The van der Waals surface area contributed by atoms with Crippen LogP contribution in [0.5, 0.6) is 0 Å². The molecule has 0 bridgehead atoms. The Morgan fingerprint density at radius 3 is 2.66 bits per heavy atom. The summed E-state index contributed by atoms with van der Waals surface area (Å²) in [6, 6.07) is 3.34. The second kappa shape index (κ2) is 7.64. The van der Waals surface area contributed by atoms with Gasteiger partial charge in [0.05, 0.1) is 35.5 Å². The van der Waals surface area contributed by atoms with Crippen LogP contribution in [-0.2, 0) is 11.3 Å². The van der Waals surface area contributed by atoms with Crippen molar-refractivity contribution in [3.63, 3.8) is 0 Å². The molecule has 0 spiro atoms. The summed E-state index contributed by atoms with van der Waals surface area (Å²) >= 11 is 5.87. The van der Waals surface area contributed by atoms with Gasteiger partial charge in [0.2, 0.25) is 0 Å². The topological polar surface area (TPSA) is 111 Å². The van der Waals surface area contributed by atoms with E-state index in [2.05, 4.69) is 5.10 Å². The zero-order valence-corrected chi connectivity index (χ0v) is 17.0. The van der Waals surface area contributed by atoms with Crippen LogP contribution in [0, 0.1) is 5.82 Å². The van der Waals surface area contributed by atoms with E-state index in [1.165, 1.54) is 21.7 Å². The van der Waals surface area contributed by atoms with Gasteiger partial charge in [0.15, 0.2) is 0 Å². The number of fused-ring (bicyclic) bond motifs is 1. The Bertz CT molecular complexity index is 970. The number of nitrogens with zero attached hydrogens (tertiary/aromatic N) is 3. The number of aliphatic hydroxyl groups excluding tert-OH is 1. The molecule has 0 radical (unpaired) electrons. The number of halogens is 2. The normalized spacial score (nSPS) is 16.5. The van der Waals surface area contributed by atoms with Crippen LogP contribution in [0.3, 0.4) is 0 Å². The molecule has 2 amide bonds. The van der Waals surface area contributed by atoms with Gasteiger partial charge in [0.25, 0.3) is 5.91 Å². The van der Waals surface area contributed by atoms with E-state index in [1.807, 2.05) is 0 Å². The quantitative estimate of drug-likeness (QED) is 0.787. The number of benzene rings is 1. The molecule has 1 aromatic carbocycles. The predicted octanol–water partition coefficient (Wildman–Crippen LogP) is 2.73. The lowest BCUT2D eigenvalue weighted by atomic mass is 10.0. The van der Waals surface area contributed by atoms with E-state index in [0.717, 1.165) is 6.07 Å². The Hall–Kier alpha value is -2.65. The Kier molecular flexibility index (Phi) is 5.55. The third kappa shape index (κ3) is 4.20. The molecule has 29 heavy (non-hydrogen) atoms. The van der Waals surface area contributed by atoms with Gasteiger partial charge in [-0.25, -0.2) is 9.18 Å². The molecule has 156 valence electrons. The molecule has 0 fully saturated rings. The number of hydrogen-bond acceptors (Lipinski definition) is 5. The SMILES string of the molecule is CC(C)(C)OC(=O)N1Cc2c(C(N)=O)c(-c3ccc(F)c(Cl)c3)nn2[C@@H](CO)C1. The molecule has 1 aliphatic heterocycles. The van der Waals surface area contributed by atoms with Crippen LogP contribution in [0.15, 0.2) is 18.2 Å². The molecule has 0 aliphatic carbocycles. The highest BCUT2D eigenvalue weighted by molar-refractivity contribution is 6.31. The molecule has 1 atom stereocenters. The highest BCUT2D eigenvalue weighted by atomic mass is 35.5. The van der Waals surface area contributed by atoms with Crippen molar-refractivity contribution in [2.75, 3.05) is 13.2 Å². The van der Waals surface area contributed by atoms with Crippen LogP contribution in [0.2, 0.25) is 5.02 Å². The average Bonchev–Trinajstić information content (AvgIpc) is 3.01. The summed E-state index contributed by atoms with van der Waals surface area (Å²) in [6.07, 6.45) is -0.579. The zero-order valence-electron chi connectivity index (χ0n) is 16.3. The first-order valence-electron chi connectivity index (χ1n) is 8.97. The molecule has 0 saturated heterocycles. The van der Waals surface area contributed by atoms with E-state index >= 15 is 0 Å². The van der Waals surface area contributed by atoms with Crippen molar-refractivity contribution >= 4 is 23.6 Å². The smallest absolute Gasteiger partial charge is 0.410 e. The molecule has 0 saturated carbocycles. The number of carbonyl (C=O) groups is 2. The average molecular weight is 425 g/mol. The molecule has 1 aliphatic rings. The van der Waals surface area contributed by atoms with Gasteiger partial charge in [0, 0.05) is 12.1 Å². The number of nitrogens with two attached hydrogens (primary N) is 1. The Morgan fingerprint density at radius 2 is 2.10 bits per heavy atom. The number of ether oxygens (including phenoxy) is 1. The lowest BCUT2D eigenvalue weighted by Crippen LogP contribution is -2.45. The minimum absolute atomic E-state index is 0.0195. The third-order valence-corrected chi connectivity index (χ3v) is 4.72. The standard InChI is InChI=1S/C19H22ClFN4O4/c1-19(2,3)29-18(28)24-7-11(9-26)25-14(8-24)15(17(22)27)16(23-25)10-4-5-13(21)12(20)6-10/h4-6,11,26H,7-9H2,1-3H3,(H2,22,27)/t11-/m1/s1. The Labute approximate surface area is 172 Å². The summed E-state index contributed by atoms with van der Waals surface area (Å²) in [5.74, 6) is -1.37. The lowest BCUT2D eigenvalue weighted by Gasteiger charge is -2.34. The number of rotatable bonds is 3. The number of amides is 2. The third-order valence-electron chi connectivity index (χ3n) is 4.43. The van der Waals surface area contributed by atoms with Gasteiger partial charge in [-0.2, -0.15) is 5.10 Å². The number of hydrogen-bond donors (Lipinski definition) is 2. The van der Waals surface area contributed by atoms with Crippen molar-refractivity contribution in [1.29, 1.82) is 0 Å². The maximum Gasteiger partial charge on any atom is 0.410 e. The first kappa shape index (κ1) is 21.1. The molecule has 1 aromatic heterocycles. The maximum atomic E-state index is 13.6. The van der Waals surface area contributed by atoms with Crippen molar-refractivity contribution in [2.24, 2.45) is 5.73 Å². The van der Waals surface area contributed by atoms with Crippen LogP contribution in [0.1, 0.15) is 42.9 Å². The van der Waals surface area contributed by atoms with Crippen LogP contribution in [-0.4, -0.2) is 50.5 Å². The fourth-order valence-electron chi connectivity index (χ4n) is 3.20. The van der Waals surface area contributed by atoms with Gasteiger partial charge in [-0.05, 0) is 39.0 Å². The minimum atomic E-state index is -0.760. The lowest BCUT2D eigenvalue weighted by molar-refractivity contribution is 0.0127. The number of carbonyl (C=O) groups excluding carboxylic acids is 2. The van der Waals surface area contributed by atoms with Gasteiger partial charge in [-0.3, -0.25) is 9.48 Å². The number of aromatic nitrogens is 2. The van der Waals surface area contributed by atoms with Gasteiger partial charge >= 0.3 is 6.09 Å². The van der Waals surface area contributed by atoms with E-state index in [4.69, 9.17) is 22.1 Å². The van der Waals surface area contributed by atoms with Gasteiger partial charge in [0.1, 0.15) is 17.1 Å². The molecule has 8 nitrogen and oxygen atoms in total. The van der Waals surface area contributed by atoms with Crippen LogP contribution >= 0.6 is 11.6 Å². The van der Waals surface area contributed by atoms with E-state index in [9.17, 15) is 19.1 Å². The van der Waals surface area contributed by atoms with E-state index in [1.54, 1.807) is 20.8 Å². The largest absolute Gasteiger partial charge is 0.444 e. The second-order valence-corrected chi connectivity index (χ2v) is 8.21. The summed E-state index contributed by atoms with van der Waals surface area (Å²) in [4.78, 5) is 26.2. The van der Waals surface area contributed by atoms with Crippen molar-refractivity contribution in [2.45, 2.75) is 39.0 Å². The number of aliphatic hydroxyl groups is 1. The van der Waals surface area contributed by atoms with Crippen LogP contribution < -0.4 is 5.73 Å². The van der Waals surface area contributed by atoms with E-state index in [-0.39, 0.29) is 36.0 Å². The van der Waals surface area contributed by atoms with Crippen molar-refractivity contribution in [1.82, 2.24) is 14.7 Å². The first-order valence-corrected chi connectivity index (χ1v) is 9.35. The molecule has 3 rings (SSSR count). The van der Waals surface area contributed by atoms with Crippen molar-refractivity contribution < 1.29 is 23.8 Å². The molecule has 3 N–H and O–H groups in total. The van der Waals surface area contributed by atoms with E-state index in [0.29, 0.717) is 11.3 Å². The molecular weight excluding hydrogens is 403 g/mol. The number of primary amides is 1. The van der Waals surface area contributed by atoms with Crippen molar-refractivity contribution in [3.8, 4) is 11.3 Å². The van der Waals surface area contributed by atoms with Gasteiger partial charge < -0.3 is 20.5 Å². The van der Waals surface area contributed by atoms with Crippen LogP contribution in [0.4, 0.5) is 9.18 Å². The minimum Gasteiger partial charge on any atom is -0.444 e. The predicted molar refractivity (Wildman–Crippen MR) is 104 cm³/mol. The summed E-state index contributed by atoms with van der Waals surface area (Å²) in [6.45, 7) is 5.07. The first-order chi connectivity index (χ1) is 13.5. The van der Waals surface area contributed by atoms with Crippen LogP contribution in [0.25, 0.3) is 11.3 Å². The van der Waals surface area contributed by atoms with E-state index < -0.39 is 29.5 Å². The highest BCUT2D eigenvalue weighted by Gasteiger charge is 2.36. The molecule has 10 heteroatoms. The summed E-state index contributed by atoms with van der Waals surface area (Å²) < 4.78 is 20.4. The Morgan fingerprint density at radius 1 is 1.41 bits per heavy atom. The summed E-state index contributed by atoms with van der Waals surface area (Å²) in [5, 5.41) is 14.1. The monoisotopic (exact) mass is 424 g/mol. The van der Waals surface area contributed by atoms with Gasteiger partial charge in [-0.15, -0.1) is 0 Å². The summed E-state index contributed by atoms with van der Waals surface area (Å²) in [7, 11) is 0. The zero-order chi connectivity index (χ0) is 21.5. The molecular formula is C19H22ClFN4O4. The fraction of sp³-hybridized carbons (Fsp3) is 0.421. The van der Waals surface area contributed by atoms with Gasteiger partial charge in [-0.1, -0.05) is 11.6 Å². The van der Waals surface area contributed by atoms with Crippen molar-refractivity contribution in [3.05, 3.63) is 40.3 Å². The maximum absolute atomic E-state index is 13.6. The highest BCUT2D eigenvalue weighted by Crippen LogP contribution is 2.33. The fourth-order valence-corrected chi connectivity index (χ4v) is 3.39. The Balaban J connectivity index is 2.08. The molecule has 2 heterocycles. The molecule has 0 unspecified atom stereocenters. The molecule has 2 aromatic rings. The summed E-state index contributed by atoms with van der Waals surface area (Å²) in [5.41, 5.74) is 5.95. The second-order valence-electron chi connectivity index (χ2n) is 7.81.